The molecule has 1 aromatic rings. The Morgan fingerprint density at radius 2 is 1.93 bits per heavy atom. The van der Waals surface area contributed by atoms with Crippen LogP contribution >= 0.6 is 47.8 Å². The minimum absolute atomic E-state index is 0.305. The van der Waals surface area contributed by atoms with Crippen LogP contribution in [0, 0.1) is 0 Å². The lowest BCUT2D eigenvalue weighted by atomic mass is 10.1. The first kappa shape index (κ1) is 13.2. The van der Waals surface area contributed by atoms with E-state index in [1.807, 2.05) is 12.1 Å². The number of ether oxygens (including phenoxy) is 1. The fourth-order valence-corrected chi connectivity index (χ4v) is 3.11. The molecule has 82 valence electrons. The minimum Gasteiger partial charge on any atom is -0.462 e. The zero-order valence-electron chi connectivity index (χ0n) is 8.02. The quantitative estimate of drug-likeness (QED) is 0.559. The molecule has 0 fully saturated rings. The lowest BCUT2D eigenvalue weighted by Crippen LogP contribution is -2.09. The summed E-state index contributed by atoms with van der Waals surface area (Å²) >= 11 is 10.1. The van der Waals surface area contributed by atoms with Gasteiger partial charge in [0.25, 0.3) is 0 Å². The van der Waals surface area contributed by atoms with Crippen molar-refractivity contribution in [1.29, 1.82) is 0 Å². The number of hydrogen-bond donors (Lipinski definition) is 0. The van der Waals surface area contributed by atoms with Gasteiger partial charge >= 0.3 is 5.97 Å². The summed E-state index contributed by atoms with van der Waals surface area (Å²) in [5, 5.41) is 0.598. The monoisotopic (exact) mass is 398 g/mol. The highest BCUT2D eigenvalue weighted by Crippen LogP contribution is 2.30. The Morgan fingerprint density at radius 1 is 1.33 bits per heavy atom. The molecular weight excluding hydrogens is 392 g/mol. The van der Waals surface area contributed by atoms with Gasteiger partial charge in [-0.2, -0.15) is 0 Å². The van der Waals surface area contributed by atoms with Crippen molar-refractivity contribution in [2.24, 2.45) is 0 Å². The van der Waals surface area contributed by atoms with Crippen molar-refractivity contribution < 1.29 is 9.53 Å². The van der Waals surface area contributed by atoms with Gasteiger partial charge in [0.15, 0.2) is 0 Å². The third kappa shape index (κ3) is 3.04. The smallest absolute Gasteiger partial charge is 0.339 e. The first-order valence-electron chi connectivity index (χ1n) is 4.31. The SMILES string of the molecule is CCOC(=O)c1c(Br)ccc(Br)c1CBr. The van der Waals surface area contributed by atoms with Gasteiger partial charge in [0, 0.05) is 14.3 Å². The number of carbonyl (C=O) groups is 1. The number of benzene rings is 1. The highest BCUT2D eigenvalue weighted by atomic mass is 79.9. The summed E-state index contributed by atoms with van der Waals surface area (Å²) in [7, 11) is 0. The third-order valence-corrected chi connectivity index (χ3v) is 3.78. The zero-order chi connectivity index (χ0) is 11.4. The highest BCUT2D eigenvalue weighted by molar-refractivity contribution is 9.11. The van der Waals surface area contributed by atoms with Crippen molar-refractivity contribution in [3.63, 3.8) is 0 Å². The molecule has 5 heteroatoms. The predicted molar refractivity (Wildman–Crippen MR) is 70.4 cm³/mol. The van der Waals surface area contributed by atoms with Gasteiger partial charge in [-0.3, -0.25) is 0 Å². The zero-order valence-corrected chi connectivity index (χ0v) is 12.8. The maximum Gasteiger partial charge on any atom is 0.339 e. The summed E-state index contributed by atoms with van der Waals surface area (Å²) in [6, 6.07) is 3.71. The fourth-order valence-electron chi connectivity index (χ4n) is 1.15. The Balaban J connectivity index is 3.24. The molecule has 0 spiro atoms. The lowest BCUT2D eigenvalue weighted by Gasteiger charge is -2.10. The van der Waals surface area contributed by atoms with E-state index in [1.165, 1.54) is 0 Å². The van der Waals surface area contributed by atoms with Crippen LogP contribution < -0.4 is 0 Å². The average Bonchev–Trinajstić information content (AvgIpc) is 2.21. The maximum atomic E-state index is 11.7. The summed E-state index contributed by atoms with van der Waals surface area (Å²) in [5.74, 6) is -0.305. The van der Waals surface area contributed by atoms with Crippen molar-refractivity contribution in [3.05, 3.63) is 32.2 Å². The Hall–Kier alpha value is 0.130. The van der Waals surface area contributed by atoms with E-state index >= 15 is 0 Å². The van der Waals surface area contributed by atoms with Gasteiger partial charge in [-0.1, -0.05) is 31.9 Å². The summed E-state index contributed by atoms with van der Waals surface area (Å²) in [6.07, 6.45) is 0. The topological polar surface area (TPSA) is 26.3 Å². The first-order valence-corrected chi connectivity index (χ1v) is 7.02. The summed E-state index contributed by atoms with van der Waals surface area (Å²) in [6.45, 7) is 2.16. The molecule has 15 heavy (non-hydrogen) atoms. The minimum atomic E-state index is -0.305. The van der Waals surface area contributed by atoms with Gasteiger partial charge < -0.3 is 4.74 Å². The van der Waals surface area contributed by atoms with Crippen LogP contribution in [0.15, 0.2) is 21.1 Å². The van der Waals surface area contributed by atoms with Crippen LogP contribution in [-0.2, 0) is 10.1 Å². The standard InChI is InChI=1S/C10H9Br3O2/c1-2-15-10(14)9-6(5-11)7(12)3-4-8(9)13/h3-4H,2,5H2,1H3. The predicted octanol–water partition coefficient (Wildman–Crippen LogP) is 4.28. The molecule has 0 radical (unpaired) electrons. The molecule has 0 aliphatic rings. The van der Waals surface area contributed by atoms with E-state index in [4.69, 9.17) is 4.74 Å². The first-order chi connectivity index (χ1) is 7.11. The summed E-state index contributed by atoms with van der Waals surface area (Å²) < 4.78 is 6.64. The van der Waals surface area contributed by atoms with Crippen molar-refractivity contribution in [3.8, 4) is 0 Å². The van der Waals surface area contributed by atoms with Crippen molar-refractivity contribution in [2.75, 3.05) is 6.61 Å². The van der Waals surface area contributed by atoms with Gasteiger partial charge in [-0.05, 0) is 40.5 Å². The molecule has 0 saturated heterocycles. The maximum absolute atomic E-state index is 11.7. The van der Waals surface area contributed by atoms with Crippen LogP contribution in [0.4, 0.5) is 0 Å². The molecule has 0 N–H and O–H groups in total. The molecule has 2 nitrogen and oxygen atoms in total. The van der Waals surface area contributed by atoms with E-state index in [9.17, 15) is 4.79 Å². The van der Waals surface area contributed by atoms with Crippen molar-refractivity contribution >= 4 is 53.8 Å². The molecule has 0 atom stereocenters. The molecule has 0 aromatic heterocycles. The number of halogens is 3. The van der Waals surface area contributed by atoms with E-state index in [1.54, 1.807) is 6.92 Å². The van der Waals surface area contributed by atoms with Gasteiger partial charge in [0.2, 0.25) is 0 Å². The lowest BCUT2D eigenvalue weighted by molar-refractivity contribution is 0.0524. The summed E-state index contributed by atoms with van der Waals surface area (Å²) in [5.41, 5.74) is 1.46. The van der Waals surface area contributed by atoms with E-state index in [-0.39, 0.29) is 5.97 Å². The van der Waals surface area contributed by atoms with Crippen LogP contribution in [0.1, 0.15) is 22.8 Å². The van der Waals surface area contributed by atoms with E-state index in [0.717, 1.165) is 14.5 Å². The van der Waals surface area contributed by atoms with Crippen LogP contribution in [-0.4, -0.2) is 12.6 Å². The van der Waals surface area contributed by atoms with E-state index in [2.05, 4.69) is 47.8 Å². The van der Waals surface area contributed by atoms with Crippen LogP contribution in [0.25, 0.3) is 0 Å². The molecule has 0 heterocycles. The number of esters is 1. The van der Waals surface area contributed by atoms with Gasteiger partial charge in [-0.25, -0.2) is 4.79 Å². The second-order valence-corrected chi connectivity index (χ2v) is 5.01. The molecule has 1 aromatic carbocycles. The largest absolute Gasteiger partial charge is 0.462 e. The molecule has 0 aliphatic carbocycles. The average molecular weight is 401 g/mol. The van der Waals surface area contributed by atoms with Crippen LogP contribution in [0.3, 0.4) is 0 Å². The number of alkyl halides is 1. The van der Waals surface area contributed by atoms with E-state index in [0.29, 0.717) is 17.5 Å². The molecule has 0 saturated carbocycles. The third-order valence-electron chi connectivity index (χ3n) is 1.82. The van der Waals surface area contributed by atoms with Crippen LogP contribution in [0.5, 0.6) is 0 Å². The number of hydrogen-bond acceptors (Lipinski definition) is 2. The Labute approximate surface area is 114 Å². The van der Waals surface area contributed by atoms with Gasteiger partial charge in [-0.15, -0.1) is 0 Å². The van der Waals surface area contributed by atoms with E-state index < -0.39 is 0 Å². The fraction of sp³-hybridized carbons (Fsp3) is 0.300. The molecular formula is C10H9Br3O2. The Kier molecular flexibility index (Phi) is 5.29. The van der Waals surface area contributed by atoms with Crippen molar-refractivity contribution in [2.45, 2.75) is 12.3 Å². The molecule has 0 amide bonds. The number of carbonyl (C=O) groups excluding carboxylic acids is 1. The normalized spacial score (nSPS) is 10.1. The molecule has 0 aliphatic heterocycles. The molecule has 1 rings (SSSR count). The second kappa shape index (κ2) is 6.01. The van der Waals surface area contributed by atoms with Crippen LogP contribution in [0.2, 0.25) is 0 Å². The summed E-state index contributed by atoms with van der Waals surface area (Å²) in [4.78, 5) is 11.7. The number of rotatable bonds is 3. The second-order valence-electron chi connectivity index (χ2n) is 2.74. The Bertz CT molecular complexity index is 377. The van der Waals surface area contributed by atoms with Gasteiger partial charge in [0.05, 0.1) is 12.2 Å². The Morgan fingerprint density at radius 3 is 2.47 bits per heavy atom. The highest BCUT2D eigenvalue weighted by Gasteiger charge is 2.17. The molecule has 0 unspecified atom stereocenters. The molecule has 0 bridgehead atoms. The van der Waals surface area contributed by atoms with Crippen molar-refractivity contribution in [1.82, 2.24) is 0 Å². The van der Waals surface area contributed by atoms with Gasteiger partial charge in [0.1, 0.15) is 0 Å².